The molecule has 0 bridgehead atoms. The Morgan fingerprint density at radius 1 is 1.05 bits per heavy atom. The van der Waals surface area contributed by atoms with Gasteiger partial charge < -0.3 is 14.8 Å². The SMILES string of the molecule is CCOc1cccc(CNc2ccccc2OC(C)C)c1. The van der Waals surface area contributed by atoms with Crippen LogP contribution in [0.4, 0.5) is 5.69 Å². The van der Waals surface area contributed by atoms with E-state index in [1.165, 1.54) is 5.56 Å². The lowest BCUT2D eigenvalue weighted by Gasteiger charge is -2.15. The van der Waals surface area contributed by atoms with E-state index in [0.29, 0.717) is 6.61 Å². The summed E-state index contributed by atoms with van der Waals surface area (Å²) in [5.74, 6) is 1.79. The topological polar surface area (TPSA) is 30.5 Å². The average Bonchev–Trinajstić information content (AvgIpc) is 2.47. The minimum Gasteiger partial charge on any atom is -0.494 e. The largest absolute Gasteiger partial charge is 0.494 e. The van der Waals surface area contributed by atoms with Crippen LogP contribution < -0.4 is 14.8 Å². The molecule has 2 rings (SSSR count). The highest BCUT2D eigenvalue weighted by atomic mass is 16.5. The van der Waals surface area contributed by atoms with Gasteiger partial charge >= 0.3 is 0 Å². The van der Waals surface area contributed by atoms with E-state index in [1.807, 2.05) is 57.2 Å². The van der Waals surface area contributed by atoms with Crippen molar-refractivity contribution in [1.82, 2.24) is 0 Å². The normalized spacial score (nSPS) is 10.5. The Balaban J connectivity index is 2.04. The maximum atomic E-state index is 5.81. The molecule has 0 aromatic heterocycles. The molecule has 21 heavy (non-hydrogen) atoms. The van der Waals surface area contributed by atoms with Gasteiger partial charge in [0.15, 0.2) is 0 Å². The molecular formula is C18H23NO2. The summed E-state index contributed by atoms with van der Waals surface area (Å²) in [6, 6.07) is 16.1. The quantitative estimate of drug-likeness (QED) is 0.813. The van der Waals surface area contributed by atoms with E-state index in [2.05, 4.69) is 17.4 Å². The van der Waals surface area contributed by atoms with Crippen LogP contribution in [-0.2, 0) is 6.54 Å². The molecule has 0 heterocycles. The summed E-state index contributed by atoms with van der Waals surface area (Å²) in [7, 11) is 0. The second-order valence-corrected chi connectivity index (χ2v) is 5.10. The smallest absolute Gasteiger partial charge is 0.142 e. The van der Waals surface area contributed by atoms with Gasteiger partial charge in [0, 0.05) is 6.54 Å². The Labute approximate surface area is 126 Å². The van der Waals surface area contributed by atoms with Gasteiger partial charge in [-0.25, -0.2) is 0 Å². The number of anilines is 1. The van der Waals surface area contributed by atoms with E-state index in [0.717, 1.165) is 23.7 Å². The Hall–Kier alpha value is -2.16. The number of rotatable bonds is 7. The van der Waals surface area contributed by atoms with Gasteiger partial charge in [0.1, 0.15) is 11.5 Å². The van der Waals surface area contributed by atoms with Crippen LogP contribution in [0.15, 0.2) is 48.5 Å². The van der Waals surface area contributed by atoms with Gasteiger partial charge in [0.05, 0.1) is 18.4 Å². The lowest BCUT2D eigenvalue weighted by Crippen LogP contribution is -2.08. The summed E-state index contributed by atoms with van der Waals surface area (Å²) < 4.78 is 11.3. The second-order valence-electron chi connectivity index (χ2n) is 5.10. The molecule has 0 unspecified atom stereocenters. The van der Waals surface area contributed by atoms with Crippen molar-refractivity contribution in [1.29, 1.82) is 0 Å². The standard InChI is InChI=1S/C18H23NO2/c1-4-20-16-9-7-8-15(12-16)13-19-17-10-5-6-11-18(17)21-14(2)3/h5-12,14,19H,4,13H2,1-3H3. The number of nitrogens with one attached hydrogen (secondary N) is 1. The molecule has 0 amide bonds. The third-order valence-electron chi connectivity index (χ3n) is 2.94. The zero-order valence-corrected chi connectivity index (χ0v) is 12.9. The summed E-state index contributed by atoms with van der Waals surface area (Å²) in [5, 5.41) is 3.42. The second kappa shape index (κ2) is 7.58. The highest BCUT2D eigenvalue weighted by Gasteiger charge is 2.05. The van der Waals surface area contributed by atoms with E-state index in [1.54, 1.807) is 0 Å². The van der Waals surface area contributed by atoms with Gasteiger partial charge in [-0.15, -0.1) is 0 Å². The van der Waals surface area contributed by atoms with Crippen molar-refractivity contribution >= 4 is 5.69 Å². The first-order valence-electron chi connectivity index (χ1n) is 7.40. The summed E-state index contributed by atoms with van der Waals surface area (Å²) in [5.41, 5.74) is 2.19. The van der Waals surface area contributed by atoms with Gasteiger partial charge in [-0.05, 0) is 50.6 Å². The fourth-order valence-corrected chi connectivity index (χ4v) is 2.08. The molecule has 112 valence electrons. The van der Waals surface area contributed by atoms with Crippen LogP contribution in [0.5, 0.6) is 11.5 Å². The zero-order chi connectivity index (χ0) is 15.1. The number of ether oxygens (including phenoxy) is 2. The van der Waals surface area contributed by atoms with Crippen molar-refractivity contribution < 1.29 is 9.47 Å². The molecule has 0 atom stereocenters. The first kappa shape index (κ1) is 15.2. The van der Waals surface area contributed by atoms with Crippen LogP contribution in [0, 0.1) is 0 Å². The molecule has 0 saturated carbocycles. The molecule has 0 spiro atoms. The maximum absolute atomic E-state index is 5.81. The van der Waals surface area contributed by atoms with Crippen LogP contribution in [-0.4, -0.2) is 12.7 Å². The molecule has 2 aromatic rings. The van der Waals surface area contributed by atoms with Crippen molar-refractivity contribution in [3.8, 4) is 11.5 Å². The lowest BCUT2D eigenvalue weighted by atomic mass is 10.2. The van der Waals surface area contributed by atoms with Gasteiger partial charge in [-0.3, -0.25) is 0 Å². The lowest BCUT2D eigenvalue weighted by molar-refractivity contribution is 0.243. The average molecular weight is 285 g/mol. The van der Waals surface area contributed by atoms with Crippen LogP contribution in [0.25, 0.3) is 0 Å². The molecule has 3 heteroatoms. The molecule has 0 aliphatic rings. The Morgan fingerprint density at radius 3 is 2.62 bits per heavy atom. The van der Waals surface area contributed by atoms with Crippen molar-refractivity contribution in [2.75, 3.05) is 11.9 Å². The van der Waals surface area contributed by atoms with Crippen molar-refractivity contribution in [2.24, 2.45) is 0 Å². The van der Waals surface area contributed by atoms with Crippen LogP contribution >= 0.6 is 0 Å². The Kier molecular flexibility index (Phi) is 5.50. The molecule has 0 aliphatic carbocycles. The van der Waals surface area contributed by atoms with E-state index < -0.39 is 0 Å². The first-order chi connectivity index (χ1) is 10.2. The molecule has 3 nitrogen and oxygen atoms in total. The van der Waals surface area contributed by atoms with E-state index in [9.17, 15) is 0 Å². The predicted molar refractivity (Wildman–Crippen MR) is 87.1 cm³/mol. The highest BCUT2D eigenvalue weighted by Crippen LogP contribution is 2.25. The highest BCUT2D eigenvalue weighted by molar-refractivity contribution is 5.56. The number of benzene rings is 2. The summed E-state index contributed by atoms with van der Waals surface area (Å²) in [6.07, 6.45) is 0.161. The molecule has 0 fully saturated rings. The van der Waals surface area contributed by atoms with E-state index >= 15 is 0 Å². The monoisotopic (exact) mass is 285 g/mol. The van der Waals surface area contributed by atoms with Gasteiger partial charge in [0.25, 0.3) is 0 Å². The van der Waals surface area contributed by atoms with Gasteiger partial charge in [0.2, 0.25) is 0 Å². The maximum Gasteiger partial charge on any atom is 0.142 e. The molecule has 1 N–H and O–H groups in total. The number of hydrogen-bond acceptors (Lipinski definition) is 3. The third kappa shape index (κ3) is 4.71. The molecule has 0 saturated heterocycles. The number of hydrogen-bond donors (Lipinski definition) is 1. The van der Waals surface area contributed by atoms with E-state index in [-0.39, 0.29) is 6.10 Å². The summed E-state index contributed by atoms with van der Waals surface area (Å²) in [4.78, 5) is 0. The summed E-state index contributed by atoms with van der Waals surface area (Å²) >= 11 is 0. The van der Waals surface area contributed by atoms with Crippen molar-refractivity contribution in [3.05, 3.63) is 54.1 Å². The Morgan fingerprint density at radius 2 is 1.86 bits per heavy atom. The van der Waals surface area contributed by atoms with Crippen molar-refractivity contribution in [3.63, 3.8) is 0 Å². The molecule has 0 radical (unpaired) electrons. The van der Waals surface area contributed by atoms with Gasteiger partial charge in [-0.2, -0.15) is 0 Å². The molecule has 2 aromatic carbocycles. The van der Waals surface area contributed by atoms with Crippen LogP contribution in [0.3, 0.4) is 0 Å². The third-order valence-corrected chi connectivity index (χ3v) is 2.94. The number of para-hydroxylation sites is 2. The predicted octanol–water partition coefficient (Wildman–Crippen LogP) is 4.48. The van der Waals surface area contributed by atoms with Crippen LogP contribution in [0.1, 0.15) is 26.3 Å². The minimum atomic E-state index is 0.161. The van der Waals surface area contributed by atoms with Crippen LogP contribution in [0.2, 0.25) is 0 Å². The minimum absolute atomic E-state index is 0.161. The Bertz CT molecular complexity index is 567. The zero-order valence-electron chi connectivity index (χ0n) is 12.9. The fourth-order valence-electron chi connectivity index (χ4n) is 2.08. The van der Waals surface area contributed by atoms with Gasteiger partial charge in [-0.1, -0.05) is 24.3 Å². The fraction of sp³-hybridized carbons (Fsp3) is 0.333. The van der Waals surface area contributed by atoms with E-state index in [4.69, 9.17) is 9.47 Å². The molecular weight excluding hydrogens is 262 g/mol. The van der Waals surface area contributed by atoms with Crippen molar-refractivity contribution in [2.45, 2.75) is 33.4 Å². The first-order valence-corrected chi connectivity index (χ1v) is 7.40. The molecule has 0 aliphatic heterocycles. The summed E-state index contributed by atoms with van der Waals surface area (Å²) in [6.45, 7) is 7.47.